The van der Waals surface area contributed by atoms with Crippen molar-refractivity contribution in [2.24, 2.45) is 0 Å². The number of aromatic hydroxyl groups is 2. The topological polar surface area (TPSA) is 40.5 Å². The minimum atomic E-state index is 0.177. The predicted molar refractivity (Wildman–Crippen MR) is 97.7 cm³/mol. The number of hydrogen-bond donors (Lipinski definition) is 2. The molecule has 0 spiro atoms. The second kappa shape index (κ2) is 6.79. The number of hydrogen-bond acceptors (Lipinski definition) is 2. The molecule has 2 atom stereocenters. The van der Waals surface area contributed by atoms with Crippen LogP contribution in [-0.4, -0.2) is 10.2 Å². The summed E-state index contributed by atoms with van der Waals surface area (Å²) in [6.45, 7) is 4.28. The first-order chi connectivity index (χ1) is 11.5. The summed E-state index contributed by atoms with van der Waals surface area (Å²) in [6, 6.07) is 23.5. The lowest BCUT2D eigenvalue weighted by Gasteiger charge is -2.26. The van der Waals surface area contributed by atoms with Crippen molar-refractivity contribution in [3.63, 3.8) is 0 Å². The molecule has 0 aliphatic heterocycles. The lowest BCUT2D eigenvalue weighted by atomic mass is 9.78. The normalized spacial score (nSPS) is 13.4. The predicted octanol–water partition coefficient (Wildman–Crippen LogP) is 5.34. The summed E-state index contributed by atoms with van der Waals surface area (Å²) in [4.78, 5) is 0. The molecule has 3 aromatic carbocycles. The van der Waals surface area contributed by atoms with Gasteiger partial charge in [-0.05, 0) is 53.8 Å². The summed E-state index contributed by atoms with van der Waals surface area (Å²) in [5, 5.41) is 19.1. The first-order valence-corrected chi connectivity index (χ1v) is 8.19. The maximum atomic E-state index is 9.60. The van der Waals surface area contributed by atoms with E-state index in [-0.39, 0.29) is 23.3 Å². The molecule has 2 heteroatoms. The van der Waals surface area contributed by atoms with Crippen molar-refractivity contribution >= 4 is 0 Å². The van der Waals surface area contributed by atoms with Crippen LogP contribution < -0.4 is 0 Å². The van der Waals surface area contributed by atoms with Crippen LogP contribution in [0.15, 0.2) is 72.8 Å². The smallest absolute Gasteiger partial charge is 0.115 e. The van der Waals surface area contributed by atoms with Crippen LogP contribution in [-0.2, 0) is 0 Å². The zero-order valence-corrected chi connectivity index (χ0v) is 14.0. The van der Waals surface area contributed by atoms with E-state index in [0.717, 1.165) is 5.56 Å². The van der Waals surface area contributed by atoms with Gasteiger partial charge < -0.3 is 10.2 Å². The molecule has 24 heavy (non-hydrogen) atoms. The van der Waals surface area contributed by atoms with Gasteiger partial charge in [0.2, 0.25) is 0 Å². The van der Waals surface area contributed by atoms with Gasteiger partial charge in [-0.3, -0.25) is 0 Å². The third-order valence-corrected chi connectivity index (χ3v) is 4.61. The molecule has 2 N–H and O–H groups in total. The molecule has 2 unspecified atom stereocenters. The zero-order chi connectivity index (χ0) is 17.1. The number of phenols is 2. The molecule has 0 fully saturated rings. The fraction of sp³-hybridized carbons (Fsp3) is 0.182. The molecule has 0 heterocycles. The van der Waals surface area contributed by atoms with Gasteiger partial charge in [0, 0.05) is 5.92 Å². The van der Waals surface area contributed by atoms with Gasteiger partial charge in [0.1, 0.15) is 11.5 Å². The molecular weight excluding hydrogens is 296 g/mol. The maximum Gasteiger partial charge on any atom is 0.115 e. The van der Waals surface area contributed by atoms with Crippen molar-refractivity contribution in [3.8, 4) is 11.5 Å². The molecule has 0 saturated heterocycles. The van der Waals surface area contributed by atoms with Gasteiger partial charge in [-0.1, -0.05) is 61.0 Å². The highest BCUT2D eigenvalue weighted by Crippen LogP contribution is 2.39. The largest absolute Gasteiger partial charge is 0.508 e. The fourth-order valence-corrected chi connectivity index (χ4v) is 3.20. The van der Waals surface area contributed by atoms with E-state index in [0.29, 0.717) is 0 Å². The molecule has 0 aromatic heterocycles. The summed E-state index contributed by atoms with van der Waals surface area (Å²) in [5.41, 5.74) is 4.82. The molecular formula is C22H22O2. The number of aryl methyl sites for hydroxylation is 1. The Morgan fingerprint density at radius 3 is 1.42 bits per heavy atom. The van der Waals surface area contributed by atoms with Gasteiger partial charge in [-0.25, -0.2) is 0 Å². The minimum Gasteiger partial charge on any atom is -0.508 e. The van der Waals surface area contributed by atoms with Gasteiger partial charge in [0.05, 0.1) is 0 Å². The van der Waals surface area contributed by atoms with Gasteiger partial charge in [0.25, 0.3) is 0 Å². The Morgan fingerprint density at radius 1 is 0.583 bits per heavy atom. The van der Waals surface area contributed by atoms with Crippen LogP contribution in [0.4, 0.5) is 0 Å². The van der Waals surface area contributed by atoms with Crippen LogP contribution in [0.1, 0.15) is 41.0 Å². The van der Waals surface area contributed by atoms with Crippen molar-refractivity contribution in [2.75, 3.05) is 0 Å². The third-order valence-electron chi connectivity index (χ3n) is 4.61. The first-order valence-electron chi connectivity index (χ1n) is 8.19. The second-order valence-corrected chi connectivity index (χ2v) is 6.36. The van der Waals surface area contributed by atoms with Crippen LogP contribution in [0.2, 0.25) is 0 Å². The van der Waals surface area contributed by atoms with E-state index in [2.05, 4.69) is 38.1 Å². The molecule has 0 aliphatic carbocycles. The molecule has 0 saturated carbocycles. The molecule has 122 valence electrons. The van der Waals surface area contributed by atoms with Crippen molar-refractivity contribution in [1.29, 1.82) is 0 Å². The first kappa shape index (κ1) is 16.1. The Kier molecular flexibility index (Phi) is 4.57. The Bertz CT molecular complexity index is 741. The molecule has 3 aromatic rings. The van der Waals surface area contributed by atoms with Crippen molar-refractivity contribution in [3.05, 3.63) is 95.1 Å². The second-order valence-electron chi connectivity index (χ2n) is 6.36. The SMILES string of the molecule is Cc1ccc(C(c2ccc(O)cc2)C(C)c2ccc(O)cc2)cc1. The monoisotopic (exact) mass is 318 g/mol. The Balaban J connectivity index is 2.05. The van der Waals surface area contributed by atoms with Gasteiger partial charge in [0.15, 0.2) is 0 Å². The molecule has 0 amide bonds. The van der Waals surface area contributed by atoms with E-state index in [1.165, 1.54) is 16.7 Å². The van der Waals surface area contributed by atoms with E-state index >= 15 is 0 Å². The molecule has 2 nitrogen and oxygen atoms in total. The van der Waals surface area contributed by atoms with Crippen LogP contribution >= 0.6 is 0 Å². The third kappa shape index (κ3) is 3.43. The van der Waals surface area contributed by atoms with Crippen molar-refractivity contribution in [2.45, 2.75) is 25.7 Å². The van der Waals surface area contributed by atoms with E-state index in [1.807, 2.05) is 24.3 Å². The summed E-state index contributed by atoms with van der Waals surface area (Å²) in [6.07, 6.45) is 0. The number of phenolic OH excluding ortho intramolecular Hbond substituents is 2. The summed E-state index contributed by atoms with van der Waals surface area (Å²) < 4.78 is 0. The van der Waals surface area contributed by atoms with Gasteiger partial charge in [-0.2, -0.15) is 0 Å². The van der Waals surface area contributed by atoms with E-state index in [1.54, 1.807) is 24.3 Å². The standard InChI is InChI=1S/C22H22O2/c1-15-3-5-18(6-4-15)22(19-9-13-21(24)14-10-19)16(2)17-7-11-20(23)12-8-17/h3-14,16,22-24H,1-2H3. The van der Waals surface area contributed by atoms with E-state index in [9.17, 15) is 10.2 Å². The average molecular weight is 318 g/mol. The van der Waals surface area contributed by atoms with Crippen LogP contribution in [0.5, 0.6) is 11.5 Å². The van der Waals surface area contributed by atoms with E-state index < -0.39 is 0 Å². The lowest BCUT2D eigenvalue weighted by molar-refractivity contribution is 0.473. The minimum absolute atomic E-state index is 0.177. The average Bonchev–Trinajstić information content (AvgIpc) is 2.59. The highest BCUT2D eigenvalue weighted by atomic mass is 16.3. The maximum absolute atomic E-state index is 9.60. The molecule has 0 aliphatic rings. The Hall–Kier alpha value is -2.74. The molecule has 0 radical (unpaired) electrons. The summed E-state index contributed by atoms with van der Waals surface area (Å²) in [7, 11) is 0. The van der Waals surface area contributed by atoms with Crippen molar-refractivity contribution in [1.82, 2.24) is 0 Å². The molecule has 3 rings (SSSR count). The van der Waals surface area contributed by atoms with Crippen molar-refractivity contribution < 1.29 is 10.2 Å². The number of rotatable bonds is 4. The van der Waals surface area contributed by atoms with Crippen LogP contribution in [0.3, 0.4) is 0 Å². The molecule has 0 bridgehead atoms. The summed E-state index contributed by atoms with van der Waals surface area (Å²) in [5.74, 6) is 0.967. The lowest BCUT2D eigenvalue weighted by Crippen LogP contribution is -2.10. The fourth-order valence-electron chi connectivity index (χ4n) is 3.20. The van der Waals surface area contributed by atoms with Gasteiger partial charge in [-0.15, -0.1) is 0 Å². The zero-order valence-electron chi connectivity index (χ0n) is 14.0. The number of benzene rings is 3. The van der Waals surface area contributed by atoms with Gasteiger partial charge >= 0.3 is 0 Å². The Morgan fingerprint density at radius 2 is 0.958 bits per heavy atom. The highest BCUT2D eigenvalue weighted by molar-refractivity contribution is 5.41. The van der Waals surface area contributed by atoms with Crippen LogP contribution in [0.25, 0.3) is 0 Å². The summed E-state index contributed by atoms with van der Waals surface area (Å²) >= 11 is 0. The van der Waals surface area contributed by atoms with E-state index in [4.69, 9.17) is 0 Å². The quantitative estimate of drug-likeness (QED) is 0.681. The Labute approximate surface area is 143 Å². The highest BCUT2D eigenvalue weighted by Gasteiger charge is 2.23. The van der Waals surface area contributed by atoms with Crippen LogP contribution in [0, 0.1) is 6.92 Å².